The largest absolute Gasteiger partial charge is 0.497 e. The molecule has 3 aromatic carbocycles. The van der Waals surface area contributed by atoms with Gasteiger partial charge in [-0.25, -0.2) is 0 Å². The van der Waals surface area contributed by atoms with Gasteiger partial charge in [-0.15, -0.1) is 0 Å². The minimum absolute atomic E-state index is 0.0145. The molecule has 6 nitrogen and oxygen atoms in total. The number of fused-ring (bicyclic) bond motifs is 3. The number of non-ortho nitro benzene ring substituents is 1. The lowest BCUT2D eigenvalue weighted by Gasteiger charge is -2.44. The van der Waals surface area contributed by atoms with Gasteiger partial charge in [0.25, 0.3) is 5.69 Å². The van der Waals surface area contributed by atoms with E-state index in [0.29, 0.717) is 5.57 Å². The maximum Gasteiger partial charge on any atom is 0.269 e. The summed E-state index contributed by atoms with van der Waals surface area (Å²) < 4.78 is 5.36. The van der Waals surface area contributed by atoms with Crippen molar-refractivity contribution in [2.24, 2.45) is 5.92 Å². The molecule has 0 radical (unpaired) electrons. The molecule has 0 spiro atoms. The summed E-state index contributed by atoms with van der Waals surface area (Å²) in [4.78, 5) is 14.2. The highest BCUT2D eigenvalue weighted by Crippen LogP contribution is 2.59. The van der Waals surface area contributed by atoms with Crippen LogP contribution in [0.15, 0.2) is 88.3 Å². The van der Waals surface area contributed by atoms with Crippen molar-refractivity contribution in [3.63, 3.8) is 0 Å². The second-order valence-electron chi connectivity index (χ2n) is 8.17. The summed E-state index contributed by atoms with van der Waals surface area (Å²) in [7, 11) is 1.65. The van der Waals surface area contributed by atoms with Crippen LogP contribution in [0.3, 0.4) is 0 Å². The zero-order chi connectivity index (χ0) is 23.1. The molecule has 0 fully saturated rings. The number of methoxy groups -OCH3 is 1. The van der Waals surface area contributed by atoms with Gasteiger partial charge in [-0.05, 0) is 41.3 Å². The number of nitrogens with zero attached hydrogens (tertiary/aromatic N) is 3. The number of ether oxygens (including phenoxy) is 1. The molecule has 0 aromatic heterocycles. The first-order valence-electron chi connectivity index (χ1n) is 10.6. The van der Waals surface area contributed by atoms with Gasteiger partial charge in [0.15, 0.2) is 0 Å². The summed E-state index contributed by atoms with van der Waals surface area (Å²) >= 11 is 1.62. The molecule has 2 heterocycles. The Morgan fingerprint density at radius 1 is 1.03 bits per heavy atom. The number of nitro benzene ring substituents is 1. The zero-order valence-corrected chi connectivity index (χ0v) is 19.0. The van der Waals surface area contributed by atoms with Crippen LogP contribution >= 0.6 is 11.8 Å². The van der Waals surface area contributed by atoms with E-state index in [9.17, 15) is 15.4 Å². The number of nitriles is 1. The van der Waals surface area contributed by atoms with Gasteiger partial charge in [0.1, 0.15) is 5.75 Å². The van der Waals surface area contributed by atoms with E-state index in [0.717, 1.165) is 32.5 Å². The van der Waals surface area contributed by atoms with E-state index in [4.69, 9.17) is 4.74 Å². The van der Waals surface area contributed by atoms with Crippen molar-refractivity contribution in [2.75, 3.05) is 12.0 Å². The van der Waals surface area contributed by atoms with Crippen LogP contribution in [0, 0.1) is 27.4 Å². The van der Waals surface area contributed by atoms with Crippen molar-refractivity contribution in [3.8, 4) is 11.8 Å². The van der Waals surface area contributed by atoms with Gasteiger partial charge >= 0.3 is 0 Å². The van der Waals surface area contributed by atoms with Crippen LogP contribution in [0.1, 0.15) is 30.0 Å². The molecule has 7 heteroatoms. The first-order chi connectivity index (χ1) is 16.0. The molecule has 0 bridgehead atoms. The molecule has 5 rings (SSSR count). The van der Waals surface area contributed by atoms with Crippen LogP contribution in [-0.2, 0) is 0 Å². The summed E-state index contributed by atoms with van der Waals surface area (Å²) in [6.07, 6.45) is 0. The topological polar surface area (TPSA) is 79.4 Å². The second-order valence-corrected chi connectivity index (χ2v) is 9.20. The fourth-order valence-corrected chi connectivity index (χ4v) is 6.14. The lowest BCUT2D eigenvalue weighted by atomic mass is 9.73. The molecule has 0 aliphatic carbocycles. The molecule has 0 amide bonds. The number of nitro groups is 1. The Hall–Kier alpha value is -3.76. The normalized spacial score (nSPS) is 21.2. The number of allylic oxidation sites excluding steroid dienone is 1. The van der Waals surface area contributed by atoms with Gasteiger partial charge in [-0.2, -0.15) is 5.26 Å². The number of anilines is 1. The Morgan fingerprint density at radius 2 is 1.70 bits per heavy atom. The molecule has 2 aliphatic rings. The third-order valence-corrected chi connectivity index (χ3v) is 7.61. The number of hydrogen-bond donors (Lipinski definition) is 0. The highest BCUT2D eigenvalue weighted by Gasteiger charge is 2.46. The monoisotopic (exact) mass is 455 g/mol. The Bertz CT molecular complexity index is 1300. The number of hydrogen-bond acceptors (Lipinski definition) is 6. The SMILES string of the molecule is COc1ccc([C@@H]2[C@@H](C)[C@H](c3ccc([N+](=O)[O-])cc3)C(C#N)=C3Sc4ccccc4N32)cc1. The fraction of sp³-hybridized carbons (Fsp3) is 0.192. The van der Waals surface area contributed by atoms with Gasteiger partial charge < -0.3 is 9.64 Å². The Kier molecular flexibility index (Phi) is 5.31. The van der Waals surface area contributed by atoms with E-state index < -0.39 is 4.92 Å². The van der Waals surface area contributed by atoms with E-state index in [-0.39, 0.29) is 23.6 Å². The van der Waals surface area contributed by atoms with Crippen molar-refractivity contribution in [1.29, 1.82) is 5.26 Å². The molecule has 164 valence electrons. The van der Waals surface area contributed by atoms with Crippen LogP contribution in [0.5, 0.6) is 5.75 Å². The minimum Gasteiger partial charge on any atom is -0.497 e. The predicted molar refractivity (Wildman–Crippen MR) is 128 cm³/mol. The highest BCUT2D eigenvalue weighted by molar-refractivity contribution is 8.03. The fourth-order valence-electron chi connectivity index (χ4n) is 4.92. The molecule has 0 unspecified atom stereocenters. The Labute approximate surface area is 196 Å². The van der Waals surface area contributed by atoms with Crippen LogP contribution < -0.4 is 9.64 Å². The van der Waals surface area contributed by atoms with Gasteiger partial charge in [-0.3, -0.25) is 10.1 Å². The number of benzene rings is 3. The highest BCUT2D eigenvalue weighted by atomic mass is 32.2. The molecule has 0 saturated heterocycles. The predicted octanol–water partition coefficient (Wildman–Crippen LogP) is 6.43. The van der Waals surface area contributed by atoms with Crippen LogP contribution in [-0.4, -0.2) is 12.0 Å². The van der Waals surface area contributed by atoms with Crippen molar-refractivity contribution < 1.29 is 9.66 Å². The Morgan fingerprint density at radius 3 is 2.33 bits per heavy atom. The summed E-state index contributed by atoms with van der Waals surface area (Å²) in [5.41, 5.74) is 3.88. The number of thioether (sulfide) groups is 1. The zero-order valence-electron chi connectivity index (χ0n) is 18.1. The number of para-hydroxylation sites is 1. The van der Waals surface area contributed by atoms with Crippen molar-refractivity contribution in [3.05, 3.63) is 105 Å². The molecule has 3 aromatic rings. The average Bonchev–Trinajstić information content (AvgIpc) is 3.22. The minimum atomic E-state index is -0.400. The summed E-state index contributed by atoms with van der Waals surface area (Å²) in [5, 5.41) is 22.4. The van der Waals surface area contributed by atoms with Gasteiger partial charge in [-0.1, -0.05) is 55.1 Å². The van der Waals surface area contributed by atoms with E-state index in [2.05, 4.69) is 42.2 Å². The summed E-state index contributed by atoms with van der Waals surface area (Å²) in [6.45, 7) is 2.15. The molecule has 0 N–H and O–H groups in total. The van der Waals surface area contributed by atoms with Gasteiger partial charge in [0.2, 0.25) is 0 Å². The molecule has 3 atom stereocenters. The van der Waals surface area contributed by atoms with E-state index in [1.165, 1.54) is 12.1 Å². The molecule has 0 saturated carbocycles. The van der Waals surface area contributed by atoms with Crippen LogP contribution in [0.4, 0.5) is 11.4 Å². The van der Waals surface area contributed by atoms with E-state index >= 15 is 0 Å². The van der Waals surface area contributed by atoms with E-state index in [1.807, 2.05) is 24.3 Å². The first-order valence-corrected chi connectivity index (χ1v) is 11.4. The third kappa shape index (κ3) is 3.43. The molecule has 33 heavy (non-hydrogen) atoms. The maximum atomic E-state index is 11.2. The quantitative estimate of drug-likeness (QED) is 0.333. The lowest BCUT2D eigenvalue weighted by molar-refractivity contribution is -0.384. The second kappa shape index (κ2) is 8.30. The lowest BCUT2D eigenvalue weighted by Crippen LogP contribution is -2.38. The van der Waals surface area contributed by atoms with Crippen molar-refractivity contribution in [2.45, 2.75) is 23.8 Å². The third-order valence-electron chi connectivity index (χ3n) is 6.43. The molecular formula is C26H21N3O3S. The van der Waals surface area contributed by atoms with Crippen molar-refractivity contribution in [1.82, 2.24) is 0 Å². The van der Waals surface area contributed by atoms with Crippen molar-refractivity contribution >= 4 is 23.1 Å². The molecule has 2 aliphatic heterocycles. The van der Waals surface area contributed by atoms with Gasteiger partial charge in [0, 0.05) is 22.9 Å². The summed E-state index contributed by atoms with van der Waals surface area (Å²) in [6, 6.07) is 25.4. The smallest absolute Gasteiger partial charge is 0.269 e. The van der Waals surface area contributed by atoms with Gasteiger partial charge in [0.05, 0.1) is 40.4 Å². The number of rotatable bonds is 4. The van der Waals surface area contributed by atoms with Crippen LogP contribution in [0.2, 0.25) is 0 Å². The first kappa shape index (κ1) is 21.1. The van der Waals surface area contributed by atoms with Crippen LogP contribution in [0.25, 0.3) is 0 Å². The standard InChI is InChI=1S/C26H21N3O3S/c1-16-24(17-7-11-19(12-8-17)29(30)31)21(15-27)26-28(22-5-3-4-6-23(22)33-26)25(16)18-9-13-20(32-2)14-10-18/h3-14,16,24-25H,1-2H3/t16-,24+,25-/m0/s1. The average molecular weight is 456 g/mol. The van der Waals surface area contributed by atoms with E-state index in [1.54, 1.807) is 31.0 Å². The summed E-state index contributed by atoms with van der Waals surface area (Å²) in [5.74, 6) is 0.639. The molecular weight excluding hydrogens is 434 g/mol. The maximum absolute atomic E-state index is 11.2. The Balaban J connectivity index is 1.69.